The average molecular weight is 327 g/mol. The van der Waals surface area contributed by atoms with Crippen LogP contribution in [-0.4, -0.2) is 26.2 Å². The number of hydrogen-bond donors (Lipinski definition) is 0. The minimum atomic E-state index is -1.30. The topological polar surface area (TPSA) is 93.0 Å². The molecule has 0 atom stereocenters. The Kier molecular flexibility index (Phi) is 4.46. The predicted octanol–water partition coefficient (Wildman–Crippen LogP) is 0.808. The van der Waals surface area contributed by atoms with Gasteiger partial charge in [0.2, 0.25) is 5.82 Å². The second-order valence-corrected chi connectivity index (χ2v) is 4.92. The number of aromatic nitrogens is 4. The molecule has 1 heterocycles. The maximum Gasteiger partial charge on any atom is 0.204 e. The number of ether oxygens (including phenoxy) is 1. The lowest BCUT2D eigenvalue weighted by Gasteiger charge is -2.07. The Morgan fingerprint density at radius 3 is 2.62 bits per heavy atom. The average Bonchev–Trinajstić information content (AvgIpc) is 3.02. The predicted molar refractivity (Wildman–Crippen MR) is 79.0 cm³/mol. The molecule has 0 radical (unpaired) electrons. The molecule has 3 rings (SSSR count). The number of aliphatic carboxylic acids is 1. The van der Waals surface area contributed by atoms with Gasteiger partial charge >= 0.3 is 0 Å². The van der Waals surface area contributed by atoms with E-state index in [9.17, 15) is 14.3 Å². The number of carbonyl (C=O) groups excluding carboxylic acids is 1. The van der Waals surface area contributed by atoms with E-state index in [1.165, 1.54) is 6.07 Å². The second-order valence-electron chi connectivity index (χ2n) is 4.92. The van der Waals surface area contributed by atoms with Gasteiger partial charge in [0.25, 0.3) is 0 Å². The number of nitrogens with zero attached hydrogens (tertiary/aromatic N) is 4. The fourth-order valence-electron chi connectivity index (χ4n) is 2.02. The quantitative estimate of drug-likeness (QED) is 0.665. The molecule has 0 aliphatic carbocycles. The Balaban J connectivity index is 1.66. The first kappa shape index (κ1) is 15.6. The summed E-state index contributed by atoms with van der Waals surface area (Å²) in [6.45, 7) is -0.344. The van der Waals surface area contributed by atoms with Crippen molar-refractivity contribution < 1.29 is 19.0 Å². The van der Waals surface area contributed by atoms with Gasteiger partial charge in [-0.25, -0.2) is 4.39 Å². The number of rotatable bonds is 6. The fraction of sp³-hybridized carbons (Fsp3) is 0.125. The van der Waals surface area contributed by atoms with E-state index in [0.717, 1.165) is 4.80 Å². The van der Waals surface area contributed by atoms with E-state index in [0.29, 0.717) is 16.9 Å². The lowest BCUT2D eigenvalue weighted by Crippen LogP contribution is -2.28. The molecule has 0 aliphatic heterocycles. The van der Waals surface area contributed by atoms with Crippen molar-refractivity contribution in [2.24, 2.45) is 0 Å². The molecule has 0 unspecified atom stereocenters. The molecule has 24 heavy (non-hydrogen) atoms. The molecule has 0 amide bonds. The van der Waals surface area contributed by atoms with Crippen molar-refractivity contribution in [3.63, 3.8) is 0 Å². The molecule has 0 aliphatic rings. The van der Waals surface area contributed by atoms with Crippen LogP contribution in [0.1, 0.15) is 5.56 Å². The van der Waals surface area contributed by atoms with Gasteiger partial charge in [0.15, 0.2) is 0 Å². The van der Waals surface area contributed by atoms with Gasteiger partial charge in [-0.3, -0.25) is 0 Å². The zero-order valence-corrected chi connectivity index (χ0v) is 12.4. The summed E-state index contributed by atoms with van der Waals surface area (Å²) in [6.07, 6.45) is 0. The zero-order valence-electron chi connectivity index (χ0n) is 12.4. The van der Waals surface area contributed by atoms with Crippen LogP contribution in [0.15, 0.2) is 48.5 Å². The molecule has 122 valence electrons. The van der Waals surface area contributed by atoms with Crippen molar-refractivity contribution in [1.29, 1.82) is 0 Å². The Morgan fingerprint density at radius 1 is 1.17 bits per heavy atom. The molecule has 0 spiro atoms. The maximum atomic E-state index is 13.5. The van der Waals surface area contributed by atoms with Crippen LogP contribution >= 0.6 is 0 Å². The van der Waals surface area contributed by atoms with Crippen molar-refractivity contribution in [3.8, 4) is 17.1 Å². The van der Waals surface area contributed by atoms with E-state index < -0.39 is 12.5 Å². The zero-order chi connectivity index (χ0) is 16.9. The Labute approximate surface area is 136 Å². The van der Waals surface area contributed by atoms with E-state index in [2.05, 4.69) is 15.4 Å². The van der Waals surface area contributed by atoms with Gasteiger partial charge in [0.05, 0.1) is 5.97 Å². The summed E-state index contributed by atoms with van der Waals surface area (Å²) in [5, 5.41) is 21.8. The van der Waals surface area contributed by atoms with Crippen LogP contribution in [-0.2, 0) is 17.9 Å². The molecule has 0 saturated heterocycles. The number of carboxylic acid groups (broad SMARTS) is 1. The summed E-state index contributed by atoms with van der Waals surface area (Å²) in [7, 11) is 0. The molecular formula is C16H12FN4O3-. The van der Waals surface area contributed by atoms with Gasteiger partial charge in [-0.1, -0.05) is 18.2 Å². The van der Waals surface area contributed by atoms with Gasteiger partial charge in [0, 0.05) is 11.1 Å². The molecular weight excluding hydrogens is 315 g/mol. The van der Waals surface area contributed by atoms with Crippen LogP contribution in [0.3, 0.4) is 0 Å². The molecule has 0 bridgehead atoms. The van der Waals surface area contributed by atoms with E-state index in [1.807, 2.05) is 0 Å². The van der Waals surface area contributed by atoms with Crippen molar-refractivity contribution in [2.75, 3.05) is 0 Å². The lowest BCUT2D eigenvalue weighted by atomic mass is 10.2. The third-order valence-electron chi connectivity index (χ3n) is 3.19. The number of tetrazole rings is 1. The molecule has 0 saturated carbocycles. The van der Waals surface area contributed by atoms with Crippen LogP contribution in [0.2, 0.25) is 0 Å². The standard InChI is InChI=1S/C16H13FN4O3/c17-14-4-2-1-3-12(14)10-24-13-7-5-11(6-8-13)16-18-20-21(19-16)9-15(22)23/h1-8H,9-10H2,(H,22,23)/p-1. The van der Waals surface area contributed by atoms with Crippen molar-refractivity contribution >= 4 is 5.97 Å². The summed E-state index contributed by atoms with van der Waals surface area (Å²) in [5.41, 5.74) is 1.12. The van der Waals surface area contributed by atoms with Crippen LogP contribution in [0.25, 0.3) is 11.4 Å². The summed E-state index contributed by atoms with van der Waals surface area (Å²) >= 11 is 0. The molecule has 3 aromatic rings. The van der Waals surface area contributed by atoms with Crippen molar-refractivity contribution in [1.82, 2.24) is 20.2 Å². The minimum Gasteiger partial charge on any atom is -0.548 e. The summed E-state index contributed by atoms with van der Waals surface area (Å²) in [4.78, 5) is 11.4. The summed E-state index contributed by atoms with van der Waals surface area (Å²) < 4.78 is 19.1. The van der Waals surface area contributed by atoms with Crippen LogP contribution in [0.4, 0.5) is 4.39 Å². The summed E-state index contributed by atoms with van der Waals surface area (Å²) in [6, 6.07) is 13.2. The number of carboxylic acids is 1. The largest absolute Gasteiger partial charge is 0.548 e. The normalized spacial score (nSPS) is 10.5. The number of hydrogen-bond acceptors (Lipinski definition) is 6. The van der Waals surface area contributed by atoms with Crippen LogP contribution in [0.5, 0.6) is 5.75 Å². The van der Waals surface area contributed by atoms with Gasteiger partial charge in [0.1, 0.15) is 24.7 Å². The van der Waals surface area contributed by atoms with Crippen molar-refractivity contribution in [2.45, 2.75) is 13.2 Å². The van der Waals surface area contributed by atoms with Gasteiger partial charge in [-0.05, 0) is 35.5 Å². The molecule has 0 N–H and O–H groups in total. The highest BCUT2D eigenvalue weighted by atomic mass is 19.1. The fourth-order valence-corrected chi connectivity index (χ4v) is 2.02. The molecule has 1 aromatic heterocycles. The van der Waals surface area contributed by atoms with Gasteiger partial charge in [-0.2, -0.15) is 4.80 Å². The van der Waals surface area contributed by atoms with Crippen LogP contribution in [0, 0.1) is 5.82 Å². The first-order valence-corrected chi connectivity index (χ1v) is 7.06. The second kappa shape index (κ2) is 6.86. The third kappa shape index (κ3) is 3.72. The van der Waals surface area contributed by atoms with Crippen LogP contribution < -0.4 is 9.84 Å². The van der Waals surface area contributed by atoms with Crippen molar-refractivity contribution in [3.05, 3.63) is 59.9 Å². The number of benzene rings is 2. The first-order valence-electron chi connectivity index (χ1n) is 7.06. The summed E-state index contributed by atoms with van der Waals surface area (Å²) in [5.74, 6) is -0.764. The van der Waals surface area contributed by atoms with E-state index in [-0.39, 0.29) is 18.2 Å². The number of carbonyl (C=O) groups is 1. The molecule has 2 aromatic carbocycles. The highest BCUT2D eigenvalue weighted by Gasteiger charge is 2.07. The van der Waals surface area contributed by atoms with Gasteiger partial charge in [-0.15, -0.1) is 10.2 Å². The minimum absolute atomic E-state index is 0.117. The monoisotopic (exact) mass is 327 g/mol. The first-order chi connectivity index (χ1) is 11.6. The molecule has 7 nitrogen and oxygen atoms in total. The Hall–Kier alpha value is -3.29. The van der Waals surface area contributed by atoms with E-state index in [1.54, 1.807) is 42.5 Å². The van der Waals surface area contributed by atoms with E-state index >= 15 is 0 Å². The SMILES string of the molecule is O=C([O-])Cn1nnc(-c2ccc(OCc3ccccc3F)cc2)n1. The smallest absolute Gasteiger partial charge is 0.204 e. The Bertz CT molecular complexity index is 849. The third-order valence-corrected chi connectivity index (χ3v) is 3.19. The maximum absolute atomic E-state index is 13.5. The molecule has 0 fully saturated rings. The number of halogens is 1. The van der Waals surface area contributed by atoms with E-state index in [4.69, 9.17) is 4.74 Å². The molecule has 8 heteroatoms. The van der Waals surface area contributed by atoms with Gasteiger partial charge < -0.3 is 14.6 Å². The highest BCUT2D eigenvalue weighted by molar-refractivity contribution is 5.63. The Morgan fingerprint density at radius 2 is 1.92 bits per heavy atom. The highest BCUT2D eigenvalue weighted by Crippen LogP contribution is 2.20. The lowest BCUT2D eigenvalue weighted by molar-refractivity contribution is -0.307.